The van der Waals surface area contributed by atoms with Crippen LogP contribution in [0.15, 0.2) is 17.6 Å². The number of hydrogen-bond donors (Lipinski definition) is 2. The Bertz CT molecular complexity index is 840. The van der Waals surface area contributed by atoms with Crippen LogP contribution in [-0.4, -0.2) is 50.5 Å². The first-order chi connectivity index (χ1) is 13.7. The van der Waals surface area contributed by atoms with E-state index in [1.165, 1.54) is 5.47 Å². The van der Waals surface area contributed by atoms with Crippen molar-refractivity contribution in [1.82, 2.24) is 9.78 Å². The Balaban J connectivity index is 1.46. The molecule has 3 aliphatic rings. The maximum atomic E-state index is 11.5. The third kappa shape index (κ3) is 3.83. The molecule has 2 fully saturated rings. The highest BCUT2D eigenvalue weighted by Gasteiger charge is 2.55. The van der Waals surface area contributed by atoms with Crippen LogP contribution < -0.4 is 4.74 Å². The predicted octanol–water partition coefficient (Wildman–Crippen LogP) is 2.75. The Morgan fingerprint density at radius 3 is 2.43 bits per heavy atom. The van der Waals surface area contributed by atoms with E-state index in [0.717, 1.165) is 12.1 Å². The summed E-state index contributed by atoms with van der Waals surface area (Å²) in [5.41, 5.74) is -0.603. The van der Waals surface area contributed by atoms with Crippen LogP contribution in [0.3, 0.4) is 0 Å². The fraction of sp³-hybridized carbons (Fsp3) is 0.773. The maximum Gasteiger partial charge on any atom is 0.490 e. The van der Waals surface area contributed by atoms with Crippen LogP contribution in [0.25, 0.3) is 0 Å². The van der Waals surface area contributed by atoms with Crippen LogP contribution in [0.4, 0.5) is 0 Å². The zero-order chi connectivity index (χ0) is 22.1. The highest BCUT2D eigenvalue weighted by Crippen LogP contribution is 2.53. The van der Waals surface area contributed by atoms with Crippen molar-refractivity contribution in [3.8, 4) is 5.88 Å². The molecular weight excluding hydrogens is 383 g/mol. The van der Waals surface area contributed by atoms with E-state index < -0.39 is 11.2 Å². The van der Waals surface area contributed by atoms with Crippen LogP contribution in [0, 0.1) is 11.8 Å². The number of rotatable bonds is 5. The molecule has 30 heavy (non-hydrogen) atoms. The molecule has 1 aromatic rings. The van der Waals surface area contributed by atoms with E-state index in [2.05, 4.69) is 38.9 Å². The number of aromatic nitrogens is 2. The first kappa shape index (κ1) is 21.9. The van der Waals surface area contributed by atoms with Crippen molar-refractivity contribution in [1.29, 1.82) is 0 Å². The molecule has 2 aliphatic carbocycles. The standard InChI is InChI=1S/C22H35BN2O5/c1-19(2,26)13-28-18-10-17(25(7)24-18)22(27)11-14-8-16(9-15(14)12-22)23-29-20(3,4)21(5,6)30-23/h8,10,14-15,26-27H,9,11-13H2,1-7H3/t14-,15+,22+/m0/s1. The monoisotopic (exact) mass is 418 g/mol. The average Bonchev–Trinajstić information content (AvgIpc) is 3.26. The van der Waals surface area contributed by atoms with Crippen LogP contribution in [-0.2, 0) is 22.0 Å². The first-order valence-corrected chi connectivity index (χ1v) is 10.9. The summed E-state index contributed by atoms with van der Waals surface area (Å²) >= 11 is 0. The largest absolute Gasteiger partial charge is 0.490 e. The lowest BCUT2D eigenvalue weighted by Crippen LogP contribution is -2.41. The van der Waals surface area contributed by atoms with E-state index in [-0.39, 0.29) is 24.9 Å². The number of aryl methyl sites for hydroxylation is 1. The van der Waals surface area contributed by atoms with E-state index >= 15 is 0 Å². The molecule has 1 aliphatic heterocycles. The van der Waals surface area contributed by atoms with Crippen molar-refractivity contribution in [2.75, 3.05) is 6.61 Å². The van der Waals surface area contributed by atoms with Gasteiger partial charge in [-0.3, -0.25) is 4.68 Å². The zero-order valence-corrected chi connectivity index (χ0v) is 19.2. The minimum Gasteiger partial charge on any atom is -0.474 e. The molecule has 1 saturated carbocycles. The van der Waals surface area contributed by atoms with Gasteiger partial charge in [-0.1, -0.05) is 6.08 Å². The molecule has 0 unspecified atom stereocenters. The molecule has 4 rings (SSSR count). The average molecular weight is 418 g/mol. The normalized spacial score (nSPS) is 32.4. The molecule has 166 valence electrons. The molecule has 0 spiro atoms. The molecule has 3 atom stereocenters. The van der Waals surface area contributed by atoms with Gasteiger partial charge in [0.25, 0.3) is 0 Å². The number of fused-ring (bicyclic) bond motifs is 1. The van der Waals surface area contributed by atoms with Gasteiger partial charge in [-0.15, -0.1) is 5.10 Å². The van der Waals surface area contributed by atoms with E-state index in [9.17, 15) is 10.2 Å². The Kier molecular flexibility index (Phi) is 4.98. The number of aliphatic hydroxyl groups is 2. The van der Waals surface area contributed by atoms with Gasteiger partial charge in [0.1, 0.15) is 12.2 Å². The predicted molar refractivity (Wildman–Crippen MR) is 114 cm³/mol. The summed E-state index contributed by atoms with van der Waals surface area (Å²) in [5, 5.41) is 25.7. The molecule has 7 nitrogen and oxygen atoms in total. The summed E-state index contributed by atoms with van der Waals surface area (Å²) < 4.78 is 19.8. The topological polar surface area (TPSA) is 86.0 Å². The Morgan fingerprint density at radius 1 is 1.23 bits per heavy atom. The number of ether oxygens (including phenoxy) is 1. The van der Waals surface area contributed by atoms with Crippen molar-refractivity contribution in [2.45, 2.75) is 83.2 Å². The first-order valence-electron chi connectivity index (χ1n) is 10.9. The third-order valence-corrected chi connectivity index (χ3v) is 7.17. The van der Waals surface area contributed by atoms with Gasteiger partial charge in [-0.2, -0.15) is 0 Å². The molecule has 1 saturated heterocycles. The number of hydrogen-bond acceptors (Lipinski definition) is 6. The van der Waals surface area contributed by atoms with Crippen LogP contribution in [0.5, 0.6) is 5.88 Å². The van der Waals surface area contributed by atoms with Gasteiger partial charge >= 0.3 is 7.12 Å². The minimum absolute atomic E-state index is 0.146. The van der Waals surface area contributed by atoms with Crippen LogP contribution in [0.1, 0.15) is 66.5 Å². The lowest BCUT2D eigenvalue weighted by atomic mass is 9.76. The van der Waals surface area contributed by atoms with Gasteiger partial charge in [0, 0.05) is 13.1 Å². The molecule has 2 N–H and O–H groups in total. The SMILES string of the molecule is Cn1nc(OCC(C)(C)O)cc1[C@]1(O)C[C@H]2CC(B3OC(C)(C)C(C)(C)O3)=C[C@H]2C1. The molecule has 0 aromatic carbocycles. The Hall–Kier alpha value is -1.35. The minimum atomic E-state index is -0.939. The van der Waals surface area contributed by atoms with E-state index in [4.69, 9.17) is 14.0 Å². The summed E-state index contributed by atoms with van der Waals surface area (Å²) in [7, 11) is 1.52. The second-order valence-corrected chi connectivity index (χ2v) is 11.0. The van der Waals surface area contributed by atoms with Gasteiger partial charge in [0.15, 0.2) is 0 Å². The fourth-order valence-electron chi connectivity index (χ4n) is 4.87. The van der Waals surface area contributed by atoms with Crippen molar-refractivity contribution in [3.05, 3.63) is 23.3 Å². The number of allylic oxidation sites excluding steroid dienone is 2. The second-order valence-electron chi connectivity index (χ2n) is 11.0. The van der Waals surface area contributed by atoms with Gasteiger partial charge in [-0.05, 0) is 78.1 Å². The van der Waals surface area contributed by atoms with Crippen molar-refractivity contribution >= 4 is 7.12 Å². The highest BCUT2D eigenvalue weighted by molar-refractivity contribution is 6.54. The van der Waals surface area contributed by atoms with E-state index in [1.54, 1.807) is 24.6 Å². The van der Waals surface area contributed by atoms with Crippen molar-refractivity contribution < 1.29 is 24.3 Å². The van der Waals surface area contributed by atoms with E-state index in [0.29, 0.717) is 30.6 Å². The number of nitrogens with zero attached hydrogens (tertiary/aromatic N) is 2. The van der Waals surface area contributed by atoms with Crippen LogP contribution in [0.2, 0.25) is 0 Å². The zero-order valence-electron chi connectivity index (χ0n) is 19.2. The van der Waals surface area contributed by atoms with Crippen LogP contribution >= 0.6 is 0 Å². The molecule has 0 radical (unpaired) electrons. The van der Waals surface area contributed by atoms with E-state index in [1.807, 2.05) is 7.05 Å². The molecule has 8 heteroatoms. The van der Waals surface area contributed by atoms with Gasteiger partial charge in [0.2, 0.25) is 5.88 Å². The molecule has 0 amide bonds. The Morgan fingerprint density at radius 2 is 1.87 bits per heavy atom. The Labute approximate surface area is 179 Å². The summed E-state index contributed by atoms with van der Waals surface area (Å²) in [6.45, 7) is 11.8. The molecule has 1 aromatic heterocycles. The van der Waals surface area contributed by atoms with Gasteiger partial charge < -0.3 is 24.3 Å². The highest BCUT2D eigenvalue weighted by atomic mass is 16.7. The second kappa shape index (κ2) is 6.83. The van der Waals surface area contributed by atoms with Gasteiger partial charge in [0.05, 0.1) is 22.5 Å². The summed E-state index contributed by atoms with van der Waals surface area (Å²) in [5.74, 6) is 1.08. The van der Waals surface area contributed by atoms with Crippen molar-refractivity contribution in [3.63, 3.8) is 0 Å². The quantitative estimate of drug-likeness (QED) is 0.716. The summed E-state index contributed by atoms with van der Waals surface area (Å²) in [6, 6.07) is 1.80. The smallest absolute Gasteiger partial charge is 0.474 e. The van der Waals surface area contributed by atoms with Crippen molar-refractivity contribution in [2.24, 2.45) is 18.9 Å². The lowest BCUT2D eigenvalue weighted by molar-refractivity contribution is 0.00578. The maximum absolute atomic E-state index is 11.5. The molecule has 2 heterocycles. The summed E-state index contributed by atoms with van der Waals surface area (Å²) in [4.78, 5) is 0. The molecular formula is C22H35BN2O5. The lowest BCUT2D eigenvalue weighted by Gasteiger charge is -2.32. The summed E-state index contributed by atoms with van der Waals surface area (Å²) in [6.07, 6.45) is 4.45. The fourth-order valence-corrected chi connectivity index (χ4v) is 4.87. The molecule has 0 bridgehead atoms. The third-order valence-electron chi connectivity index (χ3n) is 7.17. The van der Waals surface area contributed by atoms with Gasteiger partial charge in [-0.25, -0.2) is 0 Å².